The van der Waals surface area contributed by atoms with E-state index in [9.17, 15) is 13.2 Å². The molecule has 0 aromatic rings. The van der Waals surface area contributed by atoms with Crippen LogP contribution in [0, 0.1) is 5.41 Å². The summed E-state index contributed by atoms with van der Waals surface area (Å²) >= 11 is 0. The van der Waals surface area contributed by atoms with E-state index in [-0.39, 0.29) is 42.0 Å². The second-order valence-corrected chi connectivity index (χ2v) is 6.27. The molecule has 0 aliphatic rings. The minimum absolute atomic E-state index is 0. The number of aliphatic imine (C=N–C) groups is 1. The molecule has 0 bridgehead atoms. The van der Waals surface area contributed by atoms with Crippen LogP contribution in [0.2, 0.25) is 0 Å². The van der Waals surface area contributed by atoms with Gasteiger partial charge in [-0.25, -0.2) is 0 Å². The summed E-state index contributed by atoms with van der Waals surface area (Å²) in [5, 5.41) is 6.12. The zero-order valence-corrected chi connectivity index (χ0v) is 15.9. The first kappa shape index (κ1) is 23.1. The summed E-state index contributed by atoms with van der Waals surface area (Å²) < 4.78 is 36.3. The van der Waals surface area contributed by atoms with E-state index < -0.39 is 12.6 Å². The molecule has 128 valence electrons. The van der Waals surface area contributed by atoms with Crippen LogP contribution in [0.1, 0.15) is 53.9 Å². The van der Waals surface area contributed by atoms with Crippen LogP contribution in [0.3, 0.4) is 0 Å². The molecule has 1 atom stereocenters. The fourth-order valence-corrected chi connectivity index (χ4v) is 1.57. The van der Waals surface area contributed by atoms with Crippen molar-refractivity contribution < 1.29 is 13.2 Å². The number of hydrogen-bond acceptors (Lipinski definition) is 1. The van der Waals surface area contributed by atoms with E-state index in [4.69, 9.17) is 0 Å². The summed E-state index contributed by atoms with van der Waals surface area (Å²) in [7, 11) is 0. The van der Waals surface area contributed by atoms with E-state index in [2.05, 4.69) is 36.4 Å². The molecule has 21 heavy (non-hydrogen) atoms. The molecular formula is C14H29F3IN3. The monoisotopic (exact) mass is 423 g/mol. The number of rotatable bonds is 6. The number of halogens is 4. The number of alkyl halides is 3. The molecule has 0 spiro atoms. The van der Waals surface area contributed by atoms with Crippen molar-refractivity contribution in [2.24, 2.45) is 10.4 Å². The Kier molecular flexibility index (Phi) is 11.5. The fraction of sp³-hybridized carbons (Fsp3) is 0.929. The molecule has 0 amide bonds. The molecular weight excluding hydrogens is 394 g/mol. The lowest BCUT2D eigenvalue weighted by Crippen LogP contribution is -2.42. The second kappa shape index (κ2) is 10.5. The Morgan fingerprint density at radius 2 is 1.71 bits per heavy atom. The van der Waals surface area contributed by atoms with Crippen molar-refractivity contribution in [1.29, 1.82) is 0 Å². The molecule has 0 heterocycles. The first-order valence-corrected chi connectivity index (χ1v) is 7.15. The van der Waals surface area contributed by atoms with E-state index in [1.165, 1.54) is 0 Å². The minimum atomic E-state index is -4.15. The van der Waals surface area contributed by atoms with Gasteiger partial charge < -0.3 is 10.6 Å². The van der Waals surface area contributed by atoms with Crippen LogP contribution in [0.5, 0.6) is 0 Å². The lowest BCUT2D eigenvalue weighted by Gasteiger charge is -2.23. The molecule has 2 N–H and O–H groups in total. The van der Waals surface area contributed by atoms with Gasteiger partial charge in [-0.15, -0.1) is 24.0 Å². The van der Waals surface area contributed by atoms with Gasteiger partial charge in [-0.3, -0.25) is 4.99 Å². The maximum Gasteiger partial charge on any atom is 0.390 e. The Morgan fingerprint density at radius 3 is 2.14 bits per heavy atom. The van der Waals surface area contributed by atoms with Crippen molar-refractivity contribution in [2.45, 2.75) is 66.1 Å². The van der Waals surface area contributed by atoms with E-state index in [1.54, 1.807) is 0 Å². The zero-order valence-electron chi connectivity index (χ0n) is 13.6. The molecule has 0 aliphatic heterocycles. The maximum atomic E-state index is 12.1. The maximum absolute atomic E-state index is 12.1. The quantitative estimate of drug-likeness (QED) is 0.379. The van der Waals surface area contributed by atoms with Crippen LogP contribution in [-0.4, -0.2) is 31.3 Å². The Labute approximate surface area is 143 Å². The van der Waals surface area contributed by atoms with Gasteiger partial charge >= 0.3 is 6.18 Å². The summed E-state index contributed by atoms with van der Waals surface area (Å²) in [5.41, 5.74) is 0.252. The number of guanidine groups is 1. The Hall–Kier alpha value is -0.210. The Balaban J connectivity index is 0. The first-order chi connectivity index (χ1) is 9.03. The number of nitrogens with zero attached hydrogens (tertiary/aromatic N) is 1. The van der Waals surface area contributed by atoms with E-state index in [0.717, 1.165) is 12.8 Å². The van der Waals surface area contributed by atoms with Crippen molar-refractivity contribution >= 4 is 29.9 Å². The van der Waals surface area contributed by atoms with Crippen molar-refractivity contribution in [1.82, 2.24) is 10.6 Å². The smallest absolute Gasteiger partial charge is 0.357 e. The van der Waals surface area contributed by atoms with Crippen LogP contribution in [0.15, 0.2) is 4.99 Å². The SMILES string of the molecule is CCNC(=NCCC(F)(F)F)NC(C)CCC(C)(C)C.I. The van der Waals surface area contributed by atoms with Crippen molar-refractivity contribution in [3.8, 4) is 0 Å². The van der Waals surface area contributed by atoms with E-state index in [0.29, 0.717) is 12.5 Å². The van der Waals surface area contributed by atoms with Crippen molar-refractivity contribution in [3.63, 3.8) is 0 Å². The normalized spacial score (nSPS) is 14.4. The number of nitrogens with one attached hydrogen (secondary N) is 2. The third kappa shape index (κ3) is 16.0. The van der Waals surface area contributed by atoms with Crippen LogP contribution in [0.4, 0.5) is 13.2 Å². The van der Waals surface area contributed by atoms with Crippen molar-refractivity contribution in [3.05, 3.63) is 0 Å². The van der Waals surface area contributed by atoms with Gasteiger partial charge in [-0.05, 0) is 32.1 Å². The van der Waals surface area contributed by atoms with Crippen LogP contribution in [-0.2, 0) is 0 Å². The lowest BCUT2D eigenvalue weighted by atomic mass is 9.89. The van der Waals surface area contributed by atoms with Crippen molar-refractivity contribution in [2.75, 3.05) is 13.1 Å². The summed E-state index contributed by atoms with van der Waals surface area (Å²) in [4.78, 5) is 3.96. The molecule has 1 unspecified atom stereocenters. The third-order valence-electron chi connectivity index (χ3n) is 2.72. The molecule has 0 rings (SSSR count). The highest BCUT2D eigenvalue weighted by atomic mass is 127. The molecule has 0 saturated carbocycles. The highest BCUT2D eigenvalue weighted by Crippen LogP contribution is 2.21. The van der Waals surface area contributed by atoms with E-state index in [1.807, 2.05) is 13.8 Å². The predicted octanol–water partition coefficient (Wildman–Crippen LogP) is 4.33. The molecule has 3 nitrogen and oxygen atoms in total. The Morgan fingerprint density at radius 1 is 1.14 bits per heavy atom. The highest BCUT2D eigenvalue weighted by Gasteiger charge is 2.26. The first-order valence-electron chi connectivity index (χ1n) is 7.15. The van der Waals surface area contributed by atoms with Crippen LogP contribution >= 0.6 is 24.0 Å². The van der Waals surface area contributed by atoms with Gasteiger partial charge in [0.05, 0.1) is 13.0 Å². The third-order valence-corrected chi connectivity index (χ3v) is 2.72. The average molecular weight is 423 g/mol. The molecule has 0 fully saturated rings. The van der Waals surface area contributed by atoms with Gasteiger partial charge in [0.2, 0.25) is 0 Å². The van der Waals surface area contributed by atoms with Gasteiger partial charge in [0, 0.05) is 12.6 Å². The van der Waals surface area contributed by atoms with Gasteiger partial charge in [0.1, 0.15) is 0 Å². The largest absolute Gasteiger partial charge is 0.390 e. The van der Waals surface area contributed by atoms with E-state index >= 15 is 0 Å². The van der Waals surface area contributed by atoms with Gasteiger partial charge in [0.15, 0.2) is 5.96 Å². The van der Waals surface area contributed by atoms with Gasteiger partial charge in [-0.1, -0.05) is 20.8 Å². The average Bonchev–Trinajstić information content (AvgIpc) is 2.24. The molecule has 0 saturated heterocycles. The minimum Gasteiger partial charge on any atom is -0.357 e. The van der Waals surface area contributed by atoms with Crippen LogP contribution < -0.4 is 10.6 Å². The molecule has 0 aromatic heterocycles. The zero-order chi connectivity index (χ0) is 15.8. The highest BCUT2D eigenvalue weighted by molar-refractivity contribution is 14.0. The summed E-state index contributed by atoms with van der Waals surface area (Å²) in [6, 6.07) is 0.179. The molecule has 0 radical (unpaired) electrons. The lowest BCUT2D eigenvalue weighted by molar-refractivity contribution is -0.132. The summed E-state index contributed by atoms with van der Waals surface area (Å²) in [5.74, 6) is 0.457. The van der Waals surface area contributed by atoms with Gasteiger partial charge in [0.25, 0.3) is 0 Å². The Bertz CT molecular complexity index is 299. The molecule has 7 heteroatoms. The molecule has 0 aromatic carbocycles. The summed E-state index contributed by atoms with van der Waals surface area (Å²) in [6.07, 6.45) is -3.05. The topological polar surface area (TPSA) is 36.4 Å². The predicted molar refractivity (Wildman–Crippen MR) is 93.4 cm³/mol. The molecule has 0 aliphatic carbocycles. The number of hydrogen-bond donors (Lipinski definition) is 2. The standard InChI is InChI=1S/C14H28F3N3.HI/c1-6-18-12(19-10-9-14(15,16)17)20-11(2)7-8-13(3,4)5;/h11H,6-10H2,1-5H3,(H2,18,19,20);1H. The second-order valence-electron chi connectivity index (χ2n) is 6.27. The van der Waals surface area contributed by atoms with Crippen LogP contribution in [0.25, 0.3) is 0 Å². The summed E-state index contributed by atoms with van der Waals surface area (Å²) in [6.45, 7) is 10.8. The fourth-order valence-electron chi connectivity index (χ4n) is 1.57. The van der Waals surface area contributed by atoms with Gasteiger partial charge in [-0.2, -0.15) is 13.2 Å².